The van der Waals surface area contributed by atoms with E-state index in [0.29, 0.717) is 6.61 Å². The van der Waals surface area contributed by atoms with Crippen molar-refractivity contribution in [3.63, 3.8) is 0 Å². The van der Waals surface area contributed by atoms with Gasteiger partial charge in [-0.15, -0.1) is 12.4 Å². The van der Waals surface area contributed by atoms with Gasteiger partial charge in [0, 0.05) is 6.54 Å². The standard InChI is InChI=1S/C17H27NO2.ClH/c1-17(2,3)15-8-4-5-9-16(15)20-13-14(19)12-18-10-6-7-11-18;/h4-5,8-9,14,19H,6-7,10-13H2,1-3H3;1H. The van der Waals surface area contributed by atoms with Crippen LogP contribution in [0, 0.1) is 0 Å². The zero-order valence-corrected chi connectivity index (χ0v) is 14.2. The van der Waals surface area contributed by atoms with Crippen molar-refractivity contribution in [2.24, 2.45) is 0 Å². The first-order valence-electron chi connectivity index (χ1n) is 7.59. The predicted molar refractivity (Wildman–Crippen MR) is 89.6 cm³/mol. The molecule has 1 saturated heterocycles. The second-order valence-corrected chi connectivity index (χ2v) is 6.72. The molecule has 1 unspecified atom stereocenters. The third kappa shape index (κ3) is 5.50. The van der Waals surface area contributed by atoms with Crippen molar-refractivity contribution in [1.29, 1.82) is 0 Å². The molecule has 3 nitrogen and oxygen atoms in total. The molecule has 120 valence electrons. The van der Waals surface area contributed by atoms with Crippen LogP contribution < -0.4 is 4.74 Å². The lowest BCUT2D eigenvalue weighted by Crippen LogP contribution is -2.34. The molecule has 21 heavy (non-hydrogen) atoms. The summed E-state index contributed by atoms with van der Waals surface area (Å²) in [6.07, 6.45) is 2.09. The van der Waals surface area contributed by atoms with E-state index < -0.39 is 6.10 Å². The van der Waals surface area contributed by atoms with E-state index in [1.807, 2.05) is 18.2 Å². The molecule has 1 N–H and O–H groups in total. The van der Waals surface area contributed by atoms with Crippen LogP contribution in [0.3, 0.4) is 0 Å². The molecule has 1 aromatic carbocycles. The number of para-hydroxylation sites is 1. The Bertz CT molecular complexity index is 425. The van der Waals surface area contributed by atoms with Gasteiger partial charge in [-0.25, -0.2) is 0 Å². The van der Waals surface area contributed by atoms with Gasteiger partial charge in [0.2, 0.25) is 0 Å². The summed E-state index contributed by atoms with van der Waals surface area (Å²) in [7, 11) is 0. The Balaban J connectivity index is 0.00000220. The van der Waals surface area contributed by atoms with Crippen molar-refractivity contribution >= 4 is 12.4 Å². The van der Waals surface area contributed by atoms with Gasteiger partial charge < -0.3 is 14.7 Å². The van der Waals surface area contributed by atoms with Gasteiger partial charge in [-0.05, 0) is 43.0 Å². The molecule has 1 aromatic rings. The molecule has 1 aliphatic rings. The first kappa shape index (κ1) is 18.3. The molecule has 0 aromatic heterocycles. The topological polar surface area (TPSA) is 32.7 Å². The molecule has 0 bridgehead atoms. The van der Waals surface area contributed by atoms with Crippen molar-refractivity contribution in [2.45, 2.75) is 45.1 Å². The number of halogens is 1. The Morgan fingerprint density at radius 2 is 1.81 bits per heavy atom. The van der Waals surface area contributed by atoms with Crippen LogP contribution in [0.2, 0.25) is 0 Å². The number of likely N-dealkylation sites (tertiary alicyclic amines) is 1. The number of rotatable bonds is 5. The van der Waals surface area contributed by atoms with Gasteiger partial charge in [0.05, 0.1) is 0 Å². The molecule has 0 saturated carbocycles. The quantitative estimate of drug-likeness (QED) is 0.906. The lowest BCUT2D eigenvalue weighted by Gasteiger charge is -2.24. The number of ether oxygens (including phenoxy) is 1. The zero-order chi connectivity index (χ0) is 14.6. The van der Waals surface area contributed by atoms with Crippen molar-refractivity contribution in [1.82, 2.24) is 4.90 Å². The summed E-state index contributed by atoms with van der Waals surface area (Å²) in [6, 6.07) is 8.11. The molecule has 0 aliphatic carbocycles. The largest absolute Gasteiger partial charge is 0.491 e. The minimum absolute atomic E-state index is 0. The summed E-state index contributed by atoms with van der Waals surface area (Å²) in [5.74, 6) is 0.889. The summed E-state index contributed by atoms with van der Waals surface area (Å²) >= 11 is 0. The Labute approximate surface area is 134 Å². The molecule has 0 amide bonds. The van der Waals surface area contributed by atoms with E-state index in [-0.39, 0.29) is 17.8 Å². The number of hydrogen-bond acceptors (Lipinski definition) is 3. The molecule has 0 spiro atoms. The molecular formula is C17H28ClNO2. The van der Waals surface area contributed by atoms with Gasteiger partial charge in [0.25, 0.3) is 0 Å². The lowest BCUT2D eigenvalue weighted by molar-refractivity contribution is 0.0751. The highest BCUT2D eigenvalue weighted by molar-refractivity contribution is 5.85. The van der Waals surface area contributed by atoms with Gasteiger partial charge in [-0.2, -0.15) is 0 Å². The highest BCUT2D eigenvalue weighted by atomic mass is 35.5. The van der Waals surface area contributed by atoms with E-state index in [4.69, 9.17) is 4.74 Å². The van der Waals surface area contributed by atoms with E-state index in [1.54, 1.807) is 0 Å². The fourth-order valence-corrected chi connectivity index (χ4v) is 2.71. The average molecular weight is 314 g/mol. The summed E-state index contributed by atoms with van der Waals surface area (Å²) in [4.78, 5) is 2.31. The van der Waals surface area contributed by atoms with Gasteiger partial charge in [0.1, 0.15) is 18.5 Å². The Kier molecular flexibility index (Phi) is 6.98. The van der Waals surface area contributed by atoms with Gasteiger partial charge >= 0.3 is 0 Å². The molecule has 1 heterocycles. The van der Waals surface area contributed by atoms with Crippen LogP contribution in [0.5, 0.6) is 5.75 Å². The first-order valence-corrected chi connectivity index (χ1v) is 7.59. The van der Waals surface area contributed by atoms with E-state index in [9.17, 15) is 5.11 Å². The van der Waals surface area contributed by atoms with Crippen molar-refractivity contribution in [2.75, 3.05) is 26.2 Å². The van der Waals surface area contributed by atoms with Gasteiger partial charge in [-0.1, -0.05) is 39.0 Å². The maximum Gasteiger partial charge on any atom is 0.123 e. The Morgan fingerprint density at radius 1 is 1.19 bits per heavy atom. The molecule has 1 atom stereocenters. The SMILES string of the molecule is CC(C)(C)c1ccccc1OCC(O)CN1CCCC1.Cl. The molecule has 1 aliphatic heterocycles. The third-order valence-electron chi connectivity index (χ3n) is 3.79. The Hall–Kier alpha value is -0.770. The van der Waals surface area contributed by atoms with Crippen LogP contribution in [0.25, 0.3) is 0 Å². The van der Waals surface area contributed by atoms with E-state index in [1.165, 1.54) is 18.4 Å². The van der Waals surface area contributed by atoms with E-state index >= 15 is 0 Å². The second kappa shape index (κ2) is 8.02. The number of benzene rings is 1. The summed E-state index contributed by atoms with van der Waals surface area (Å²) in [6.45, 7) is 9.83. The fraction of sp³-hybridized carbons (Fsp3) is 0.647. The van der Waals surface area contributed by atoms with E-state index in [2.05, 4.69) is 31.7 Å². The smallest absolute Gasteiger partial charge is 0.123 e. The summed E-state index contributed by atoms with van der Waals surface area (Å²) < 4.78 is 5.86. The second-order valence-electron chi connectivity index (χ2n) is 6.72. The number of aliphatic hydroxyl groups is 1. The Morgan fingerprint density at radius 3 is 2.43 bits per heavy atom. The maximum atomic E-state index is 10.1. The number of β-amino-alcohol motifs (C(OH)–C–C–N with tert-alkyl or cyclic N) is 1. The zero-order valence-electron chi connectivity index (χ0n) is 13.3. The number of hydrogen-bond donors (Lipinski definition) is 1. The molecule has 0 radical (unpaired) electrons. The lowest BCUT2D eigenvalue weighted by atomic mass is 9.86. The van der Waals surface area contributed by atoms with Crippen molar-refractivity contribution < 1.29 is 9.84 Å². The highest BCUT2D eigenvalue weighted by Gasteiger charge is 2.20. The van der Waals surface area contributed by atoms with E-state index in [0.717, 1.165) is 25.4 Å². The molecule has 2 rings (SSSR count). The third-order valence-corrected chi connectivity index (χ3v) is 3.79. The maximum absolute atomic E-state index is 10.1. The van der Waals surface area contributed by atoms with Crippen molar-refractivity contribution in [3.8, 4) is 5.75 Å². The summed E-state index contributed by atoms with van der Waals surface area (Å²) in [5.41, 5.74) is 1.24. The minimum Gasteiger partial charge on any atom is -0.491 e. The first-order chi connectivity index (χ1) is 9.47. The van der Waals surface area contributed by atoms with Crippen LogP contribution in [0.15, 0.2) is 24.3 Å². The molecule has 1 fully saturated rings. The van der Waals surface area contributed by atoms with Gasteiger partial charge in [0.15, 0.2) is 0 Å². The molecule has 4 heteroatoms. The average Bonchev–Trinajstić information content (AvgIpc) is 2.88. The van der Waals surface area contributed by atoms with Crippen LogP contribution in [-0.4, -0.2) is 42.4 Å². The monoisotopic (exact) mass is 313 g/mol. The highest BCUT2D eigenvalue weighted by Crippen LogP contribution is 2.30. The number of nitrogens with zero attached hydrogens (tertiary/aromatic N) is 1. The van der Waals surface area contributed by atoms with Crippen molar-refractivity contribution in [3.05, 3.63) is 29.8 Å². The number of aliphatic hydroxyl groups excluding tert-OH is 1. The van der Waals surface area contributed by atoms with Crippen LogP contribution in [0.1, 0.15) is 39.2 Å². The van der Waals surface area contributed by atoms with Gasteiger partial charge in [-0.3, -0.25) is 0 Å². The fourth-order valence-electron chi connectivity index (χ4n) is 2.71. The van der Waals surface area contributed by atoms with Crippen LogP contribution in [0.4, 0.5) is 0 Å². The van der Waals surface area contributed by atoms with Crippen LogP contribution in [-0.2, 0) is 5.41 Å². The predicted octanol–water partition coefficient (Wildman–Crippen LogP) is 3.24. The normalized spacial score (nSPS) is 17.3. The molecular weight excluding hydrogens is 286 g/mol. The van der Waals surface area contributed by atoms with Crippen LogP contribution >= 0.6 is 12.4 Å². The minimum atomic E-state index is -0.416. The summed E-state index contributed by atoms with van der Waals surface area (Å²) in [5, 5.41) is 10.1.